The summed E-state index contributed by atoms with van der Waals surface area (Å²) < 4.78 is 24.9. The molecule has 112 valence electrons. The summed E-state index contributed by atoms with van der Waals surface area (Å²) in [6.45, 7) is 5.86. The van der Waals surface area contributed by atoms with Gasteiger partial charge in [0.1, 0.15) is 0 Å². The van der Waals surface area contributed by atoms with Gasteiger partial charge in [-0.2, -0.15) is 0 Å². The third-order valence-corrected chi connectivity index (χ3v) is 5.40. The molecule has 3 nitrogen and oxygen atoms in total. The SMILES string of the molecule is Cc1ccc(S(=O)(=O)CC(N)c2cc(C)ccc2C)cc1. The van der Waals surface area contributed by atoms with E-state index in [4.69, 9.17) is 5.73 Å². The lowest BCUT2D eigenvalue weighted by atomic mass is 10.0. The molecule has 0 aliphatic heterocycles. The first-order valence-corrected chi connectivity index (χ1v) is 8.57. The van der Waals surface area contributed by atoms with Crippen LogP contribution < -0.4 is 5.73 Å². The van der Waals surface area contributed by atoms with Crippen molar-refractivity contribution in [1.82, 2.24) is 0 Å². The number of nitrogens with two attached hydrogens (primary N) is 1. The maximum Gasteiger partial charge on any atom is 0.180 e. The Morgan fingerprint density at radius 2 is 1.52 bits per heavy atom. The van der Waals surface area contributed by atoms with Crippen molar-refractivity contribution in [3.63, 3.8) is 0 Å². The summed E-state index contributed by atoms with van der Waals surface area (Å²) in [5, 5.41) is 0. The molecule has 0 aromatic heterocycles. The average molecular weight is 303 g/mol. The number of hydrogen-bond donors (Lipinski definition) is 1. The molecule has 1 atom stereocenters. The molecule has 0 aliphatic rings. The zero-order valence-corrected chi connectivity index (χ0v) is 13.4. The van der Waals surface area contributed by atoms with Gasteiger partial charge in [0.25, 0.3) is 0 Å². The van der Waals surface area contributed by atoms with Crippen LogP contribution in [0.15, 0.2) is 47.4 Å². The van der Waals surface area contributed by atoms with Crippen LogP contribution in [0.2, 0.25) is 0 Å². The highest BCUT2D eigenvalue weighted by Crippen LogP contribution is 2.22. The molecule has 0 amide bonds. The Kier molecular flexibility index (Phi) is 4.49. The van der Waals surface area contributed by atoms with Crippen LogP contribution in [-0.2, 0) is 9.84 Å². The highest BCUT2D eigenvalue weighted by molar-refractivity contribution is 7.91. The molecule has 0 fully saturated rings. The van der Waals surface area contributed by atoms with Gasteiger partial charge in [0.2, 0.25) is 0 Å². The summed E-state index contributed by atoms with van der Waals surface area (Å²) in [4.78, 5) is 0.328. The first kappa shape index (κ1) is 15.7. The Bertz CT molecular complexity index is 734. The van der Waals surface area contributed by atoms with Crippen LogP contribution in [0, 0.1) is 20.8 Å². The Labute approximate surface area is 126 Å². The molecule has 4 heteroatoms. The highest BCUT2D eigenvalue weighted by Gasteiger charge is 2.21. The van der Waals surface area contributed by atoms with E-state index in [0.717, 1.165) is 22.3 Å². The Morgan fingerprint density at radius 1 is 0.952 bits per heavy atom. The second-order valence-electron chi connectivity index (χ2n) is 5.56. The van der Waals surface area contributed by atoms with Crippen LogP contribution >= 0.6 is 0 Å². The summed E-state index contributed by atoms with van der Waals surface area (Å²) in [6.07, 6.45) is 0. The molecular formula is C17H21NO2S. The molecule has 0 heterocycles. The predicted octanol–water partition coefficient (Wildman–Crippen LogP) is 3.09. The molecule has 2 rings (SSSR count). The number of sulfone groups is 1. The molecule has 0 bridgehead atoms. The van der Waals surface area contributed by atoms with Gasteiger partial charge < -0.3 is 5.73 Å². The van der Waals surface area contributed by atoms with Crippen LogP contribution in [0.4, 0.5) is 0 Å². The first-order chi connectivity index (χ1) is 9.79. The summed E-state index contributed by atoms with van der Waals surface area (Å²) in [6, 6.07) is 12.3. The van der Waals surface area contributed by atoms with Gasteiger partial charge in [0.15, 0.2) is 9.84 Å². The molecule has 2 aromatic rings. The van der Waals surface area contributed by atoms with E-state index >= 15 is 0 Å². The van der Waals surface area contributed by atoms with Gasteiger partial charge in [-0.25, -0.2) is 8.42 Å². The Balaban J connectivity index is 2.27. The van der Waals surface area contributed by atoms with Crippen molar-refractivity contribution in [2.75, 3.05) is 5.75 Å². The number of hydrogen-bond acceptors (Lipinski definition) is 3. The van der Waals surface area contributed by atoms with Crippen LogP contribution in [0.25, 0.3) is 0 Å². The zero-order chi connectivity index (χ0) is 15.6. The van der Waals surface area contributed by atoms with E-state index in [0.29, 0.717) is 4.90 Å². The van der Waals surface area contributed by atoms with E-state index in [1.54, 1.807) is 24.3 Å². The van der Waals surface area contributed by atoms with Crippen molar-refractivity contribution in [2.45, 2.75) is 31.7 Å². The molecule has 2 aromatic carbocycles. The van der Waals surface area contributed by atoms with Gasteiger partial charge in [-0.05, 0) is 44.0 Å². The minimum atomic E-state index is -3.38. The molecule has 0 saturated heterocycles. The summed E-state index contributed by atoms with van der Waals surface area (Å²) in [5.74, 6) is -0.0830. The largest absolute Gasteiger partial charge is 0.323 e. The van der Waals surface area contributed by atoms with E-state index in [2.05, 4.69) is 0 Å². The molecule has 0 radical (unpaired) electrons. The van der Waals surface area contributed by atoms with Crippen LogP contribution in [0.1, 0.15) is 28.3 Å². The summed E-state index contributed by atoms with van der Waals surface area (Å²) >= 11 is 0. The molecule has 21 heavy (non-hydrogen) atoms. The fraction of sp³-hybridized carbons (Fsp3) is 0.294. The van der Waals surface area contributed by atoms with Crippen molar-refractivity contribution in [3.8, 4) is 0 Å². The second-order valence-corrected chi connectivity index (χ2v) is 7.60. The topological polar surface area (TPSA) is 60.2 Å². The van der Waals surface area contributed by atoms with E-state index in [-0.39, 0.29) is 5.75 Å². The third-order valence-electron chi connectivity index (χ3n) is 3.61. The van der Waals surface area contributed by atoms with Gasteiger partial charge in [-0.15, -0.1) is 0 Å². The minimum Gasteiger partial charge on any atom is -0.323 e. The van der Waals surface area contributed by atoms with Crippen molar-refractivity contribution in [3.05, 3.63) is 64.7 Å². The summed E-state index contributed by atoms with van der Waals surface area (Å²) in [7, 11) is -3.38. The molecule has 0 spiro atoms. The van der Waals surface area contributed by atoms with E-state index in [1.807, 2.05) is 39.0 Å². The van der Waals surface area contributed by atoms with Gasteiger partial charge in [-0.3, -0.25) is 0 Å². The van der Waals surface area contributed by atoms with Gasteiger partial charge in [-0.1, -0.05) is 41.5 Å². The van der Waals surface area contributed by atoms with Gasteiger partial charge >= 0.3 is 0 Å². The fourth-order valence-electron chi connectivity index (χ4n) is 2.33. The van der Waals surface area contributed by atoms with Crippen molar-refractivity contribution >= 4 is 9.84 Å². The molecule has 0 aliphatic carbocycles. The number of rotatable bonds is 4. The lowest BCUT2D eigenvalue weighted by Gasteiger charge is -2.16. The Morgan fingerprint density at radius 3 is 2.14 bits per heavy atom. The molecule has 2 N–H and O–H groups in total. The van der Waals surface area contributed by atoms with Gasteiger partial charge in [0.05, 0.1) is 10.6 Å². The maximum absolute atomic E-state index is 12.4. The van der Waals surface area contributed by atoms with E-state index in [9.17, 15) is 8.42 Å². The first-order valence-electron chi connectivity index (χ1n) is 6.92. The Hall–Kier alpha value is -1.65. The fourth-order valence-corrected chi connectivity index (χ4v) is 3.72. The van der Waals surface area contributed by atoms with Crippen LogP contribution in [0.3, 0.4) is 0 Å². The van der Waals surface area contributed by atoms with Gasteiger partial charge in [0, 0.05) is 6.04 Å². The van der Waals surface area contributed by atoms with Crippen LogP contribution in [-0.4, -0.2) is 14.2 Å². The summed E-state index contributed by atoms with van der Waals surface area (Å²) in [5.41, 5.74) is 10.2. The predicted molar refractivity (Wildman–Crippen MR) is 86.1 cm³/mol. The molecule has 0 saturated carbocycles. The van der Waals surface area contributed by atoms with E-state index in [1.165, 1.54) is 0 Å². The molecule has 1 unspecified atom stereocenters. The van der Waals surface area contributed by atoms with E-state index < -0.39 is 15.9 Å². The lowest BCUT2D eigenvalue weighted by Crippen LogP contribution is -2.22. The maximum atomic E-state index is 12.4. The minimum absolute atomic E-state index is 0.0830. The monoisotopic (exact) mass is 303 g/mol. The third kappa shape index (κ3) is 3.71. The highest BCUT2D eigenvalue weighted by atomic mass is 32.2. The lowest BCUT2D eigenvalue weighted by molar-refractivity contribution is 0.588. The number of aryl methyl sites for hydroxylation is 3. The molecular weight excluding hydrogens is 282 g/mol. The average Bonchev–Trinajstić information content (AvgIpc) is 2.41. The van der Waals surface area contributed by atoms with Crippen molar-refractivity contribution in [2.24, 2.45) is 5.73 Å². The second kappa shape index (κ2) is 6.00. The smallest absolute Gasteiger partial charge is 0.180 e. The normalized spacial score (nSPS) is 13.1. The van der Waals surface area contributed by atoms with Crippen LogP contribution in [0.5, 0.6) is 0 Å². The zero-order valence-electron chi connectivity index (χ0n) is 12.6. The quantitative estimate of drug-likeness (QED) is 0.944. The van der Waals surface area contributed by atoms with Crippen molar-refractivity contribution < 1.29 is 8.42 Å². The standard InChI is InChI=1S/C17H21NO2S/c1-12-5-8-15(9-6-12)21(19,20)11-17(18)16-10-13(2)4-7-14(16)3/h4-10,17H,11,18H2,1-3H3. The number of benzene rings is 2. The van der Waals surface area contributed by atoms with Crippen molar-refractivity contribution in [1.29, 1.82) is 0 Å².